The third kappa shape index (κ3) is 3.46. The summed E-state index contributed by atoms with van der Waals surface area (Å²) in [6, 6.07) is 6.42. The summed E-state index contributed by atoms with van der Waals surface area (Å²) < 4.78 is 5.45. The summed E-state index contributed by atoms with van der Waals surface area (Å²) >= 11 is 6.12. The summed E-state index contributed by atoms with van der Waals surface area (Å²) in [6.07, 6.45) is 3.79. The summed E-state index contributed by atoms with van der Waals surface area (Å²) in [7, 11) is 1.71. The Morgan fingerprint density at radius 3 is 2.85 bits per heavy atom. The Balaban J connectivity index is 2.15. The molecule has 1 fully saturated rings. The highest BCUT2D eigenvalue weighted by Crippen LogP contribution is 2.32. The van der Waals surface area contributed by atoms with Crippen molar-refractivity contribution >= 4 is 11.6 Å². The Kier molecular flexibility index (Phi) is 5.70. The predicted octanol–water partition coefficient (Wildman–Crippen LogP) is 3.30. The topological polar surface area (TPSA) is 38.5 Å². The average molecular weight is 297 g/mol. The summed E-state index contributed by atoms with van der Waals surface area (Å²) in [5.41, 5.74) is 7.07. The van der Waals surface area contributed by atoms with Crippen LogP contribution in [0.3, 0.4) is 0 Å². The Bertz CT molecular complexity index is 438. The molecule has 0 amide bonds. The van der Waals surface area contributed by atoms with Crippen molar-refractivity contribution in [2.24, 2.45) is 11.7 Å². The van der Waals surface area contributed by atoms with E-state index in [1.807, 2.05) is 18.2 Å². The van der Waals surface area contributed by atoms with E-state index in [1.165, 1.54) is 19.3 Å². The van der Waals surface area contributed by atoms with E-state index in [2.05, 4.69) is 11.8 Å². The first-order valence-corrected chi connectivity index (χ1v) is 7.83. The molecule has 1 aliphatic carbocycles. The molecule has 2 N–H and O–H groups in total. The number of benzene rings is 1. The Morgan fingerprint density at radius 2 is 2.20 bits per heavy atom. The fourth-order valence-electron chi connectivity index (χ4n) is 3.33. The van der Waals surface area contributed by atoms with Crippen LogP contribution >= 0.6 is 11.6 Å². The fourth-order valence-corrected chi connectivity index (χ4v) is 3.52. The van der Waals surface area contributed by atoms with Gasteiger partial charge in [-0.25, -0.2) is 0 Å². The molecule has 4 heteroatoms. The lowest BCUT2D eigenvalue weighted by Crippen LogP contribution is -2.39. The summed E-state index contributed by atoms with van der Waals surface area (Å²) in [5.74, 6) is 1.54. The van der Waals surface area contributed by atoms with Crippen LogP contribution in [0, 0.1) is 5.92 Å². The monoisotopic (exact) mass is 296 g/mol. The quantitative estimate of drug-likeness (QED) is 0.875. The molecule has 0 aromatic heterocycles. The van der Waals surface area contributed by atoms with E-state index < -0.39 is 0 Å². The average Bonchev–Trinajstić information content (AvgIpc) is 2.93. The van der Waals surface area contributed by atoms with Crippen molar-refractivity contribution in [2.75, 3.05) is 20.2 Å². The second-order valence-corrected chi connectivity index (χ2v) is 5.95. The van der Waals surface area contributed by atoms with Crippen LogP contribution in [0.25, 0.3) is 0 Å². The number of halogens is 1. The van der Waals surface area contributed by atoms with Gasteiger partial charge in [-0.2, -0.15) is 0 Å². The summed E-state index contributed by atoms with van der Waals surface area (Å²) in [5, 5.41) is 0.763. The van der Waals surface area contributed by atoms with Crippen molar-refractivity contribution in [3.8, 4) is 5.75 Å². The second-order valence-electron chi connectivity index (χ2n) is 5.51. The summed E-state index contributed by atoms with van der Waals surface area (Å²) in [4.78, 5) is 2.51. The molecule has 0 spiro atoms. The Labute approximate surface area is 127 Å². The minimum absolute atomic E-state index is 0.591. The van der Waals surface area contributed by atoms with Gasteiger partial charge in [0, 0.05) is 23.2 Å². The van der Waals surface area contributed by atoms with Gasteiger partial charge >= 0.3 is 0 Å². The maximum absolute atomic E-state index is 6.12. The maximum atomic E-state index is 6.12. The molecule has 0 aliphatic heterocycles. The third-order valence-corrected chi connectivity index (χ3v) is 4.65. The minimum atomic E-state index is 0.591. The molecule has 3 nitrogen and oxygen atoms in total. The van der Waals surface area contributed by atoms with E-state index in [0.717, 1.165) is 36.0 Å². The van der Waals surface area contributed by atoms with Crippen molar-refractivity contribution in [3.05, 3.63) is 28.8 Å². The van der Waals surface area contributed by atoms with Crippen molar-refractivity contribution < 1.29 is 4.74 Å². The van der Waals surface area contributed by atoms with Gasteiger partial charge in [0.05, 0.1) is 7.11 Å². The molecule has 1 aromatic rings. The van der Waals surface area contributed by atoms with E-state index >= 15 is 0 Å². The molecule has 1 saturated carbocycles. The Hall–Kier alpha value is -0.770. The van der Waals surface area contributed by atoms with Gasteiger partial charge in [-0.1, -0.05) is 24.9 Å². The number of rotatable bonds is 6. The van der Waals surface area contributed by atoms with E-state index in [9.17, 15) is 0 Å². The van der Waals surface area contributed by atoms with Crippen LogP contribution in [-0.2, 0) is 6.54 Å². The van der Waals surface area contributed by atoms with Crippen LogP contribution in [0.5, 0.6) is 5.75 Å². The molecule has 0 saturated heterocycles. The highest BCUT2D eigenvalue weighted by molar-refractivity contribution is 6.30. The third-order valence-electron chi connectivity index (χ3n) is 4.41. The largest absolute Gasteiger partial charge is 0.496 e. The van der Waals surface area contributed by atoms with Gasteiger partial charge in [-0.3, -0.25) is 4.90 Å². The summed E-state index contributed by atoms with van der Waals surface area (Å²) in [6.45, 7) is 4.90. The lowest BCUT2D eigenvalue weighted by Gasteiger charge is -2.32. The van der Waals surface area contributed by atoms with Gasteiger partial charge in [0.1, 0.15) is 5.75 Å². The molecule has 2 atom stereocenters. The predicted molar refractivity (Wildman–Crippen MR) is 84.3 cm³/mol. The molecular formula is C16H25ClN2O. The SMILES string of the molecule is CCN(Cc1cc(Cl)ccc1OC)C1CCCC1CN. The van der Waals surface area contributed by atoms with Crippen molar-refractivity contribution in [3.63, 3.8) is 0 Å². The molecule has 1 aromatic carbocycles. The first-order valence-electron chi connectivity index (χ1n) is 7.46. The van der Waals surface area contributed by atoms with Crippen molar-refractivity contribution in [2.45, 2.75) is 38.8 Å². The van der Waals surface area contributed by atoms with E-state index in [0.29, 0.717) is 12.0 Å². The lowest BCUT2D eigenvalue weighted by molar-refractivity contribution is 0.160. The van der Waals surface area contributed by atoms with Gasteiger partial charge in [0.2, 0.25) is 0 Å². The standard InChI is InChI=1S/C16H25ClN2O/c1-3-19(15-6-4-5-12(15)10-18)11-13-9-14(17)7-8-16(13)20-2/h7-9,12,15H,3-6,10-11,18H2,1-2H3. The van der Waals surface area contributed by atoms with E-state index in [4.69, 9.17) is 22.1 Å². The molecule has 2 unspecified atom stereocenters. The normalized spacial score (nSPS) is 22.4. The maximum Gasteiger partial charge on any atom is 0.123 e. The minimum Gasteiger partial charge on any atom is -0.496 e. The number of methoxy groups -OCH3 is 1. The number of nitrogens with zero attached hydrogens (tertiary/aromatic N) is 1. The van der Waals surface area contributed by atoms with E-state index in [1.54, 1.807) is 7.11 Å². The van der Waals surface area contributed by atoms with Gasteiger partial charge in [0.25, 0.3) is 0 Å². The lowest BCUT2D eigenvalue weighted by atomic mass is 10.0. The van der Waals surface area contributed by atoms with Gasteiger partial charge in [-0.15, -0.1) is 0 Å². The highest BCUT2D eigenvalue weighted by Gasteiger charge is 2.30. The highest BCUT2D eigenvalue weighted by atomic mass is 35.5. The van der Waals surface area contributed by atoms with Gasteiger partial charge < -0.3 is 10.5 Å². The number of nitrogens with two attached hydrogens (primary N) is 1. The van der Waals surface area contributed by atoms with Gasteiger partial charge in [0.15, 0.2) is 0 Å². The molecule has 0 bridgehead atoms. The van der Waals surface area contributed by atoms with Crippen LogP contribution in [0.1, 0.15) is 31.7 Å². The number of hydrogen-bond acceptors (Lipinski definition) is 3. The zero-order chi connectivity index (χ0) is 14.5. The Morgan fingerprint density at radius 1 is 1.40 bits per heavy atom. The molecule has 1 aliphatic rings. The van der Waals surface area contributed by atoms with Crippen LogP contribution in [0.4, 0.5) is 0 Å². The first-order chi connectivity index (χ1) is 9.69. The van der Waals surface area contributed by atoms with E-state index in [-0.39, 0.29) is 0 Å². The number of hydrogen-bond donors (Lipinski definition) is 1. The van der Waals surface area contributed by atoms with Gasteiger partial charge in [-0.05, 0) is 50.0 Å². The number of ether oxygens (including phenoxy) is 1. The van der Waals surface area contributed by atoms with Crippen LogP contribution in [0.2, 0.25) is 5.02 Å². The molecule has 0 heterocycles. The zero-order valence-electron chi connectivity index (χ0n) is 12.4. The molecule has 2 rings (SSSR count). The second kappa shape index (κ2) is 7.30. The van der Waals surface area contributed by atoms with Crippen molar-refractivity contribution in [1.82, 2.24) is 4.90 Å². The first kappa shape index (κ1) is 15.6. The van der Waals surface area contributed by atoms with Crippen LogP contribution < -0.4 is 10.5 Å². The van der Waals surface area contributed by atoms with Crippen LogP contribution in [-0.4, -0.2) is 31.1 Å². The molecule has 112 valence electrons. The molecule has 0 radical (unpaired) electrons. The molecule has 20 heavy (non-hydrogen) atoms. The molecular weight excluding hydrogens is 272 g/mol. The smallest absolute Gasteiger partial charge is 0.123 e. The van der Waals surface area contributed by atoms with Crippen molar-refractivity contribution in [1.29, 1.82) is 0 Å². The van der Waals surface area contributed by atoms with Crippen LogP contribution in [0.15, 0.2) is 18.2 Å². The fraction of sp³-hybridized carbons (Fsp3) is 0.625. The zero-order valence-corrected chi connectivity index (χ0v) is 13.2.